The maximum atomic E-state index is 11.5. The summed E-state index contributed by atoms with van der Waals surface area (Å²) in [5.41, 5.74) is 0. The summed E-state index contributed by atoms with van der Waals surface area (Å²) < 4.78 is 0. The van der Waals surface area contributed by atoms with E-state index in [1.54, 1.807) is 0 Å². The highest BCUT2D eigenvalue weighted by Gasteiger charge is 2.26. The fourth-order valence-electron chi connectivity index (χ4n) is 1.49. The van der Waals surface area contributed by atoms with Crippen molar-refractivity contribution in [3.8, 4) is 0 Å². The Morgan fingerprint density at radius 3 is 2.67 bits per heavy atom. The molecular weight excluding hydrogens is 170 g/mol. The standard InChI is InChI=1S/C9H17NOS/c1-7(2)9(11)10-5-4-8(6-10)12-3/h7-8H,4-6H2,1-3H3. The zero-order valence-electron chi connectivity index (χ0n) is 8.04. The van der Waals surface area contributed by atoms with Crippen LogP contribution in [0.1, 0.15) is 20.3 Å². The second-order valence-electron chi connectivity index (χ2n) is 3.59. The minimum absolute atomic E-state index is 0.158. The Kier molecular flexibility index (Phi) is 3.44. The van der Waals surface area contributed by atoms with Crippen LogP contribution in [0.5, 0.6) is 0 Å². The largest absolute Gasteiger partial charge is 0.341 e. The molecule has 1 unspecified atom stereocenters. The van der Waals surface area contributed by atoms with E-state index in [1.807, 2.05) is 30.5 Å². The smallest absolute Gasteiger partial charge is 0.225 e. The van der Waals surface area contributed by atoms with E-state index in [0.717, 1.165) is 13.1 Å². The van der Waals surface area contributed by atoms with E-state index in [-0.39, 0.29) is 5.92 Å². The Morgan fingerprint density at radius 1 is 1.58 bits per heavy atom. The summed E-state index contributed by atoms with van der Waals surface area (Å²) in [5, 5.41) is 0.674. The molecule has 0 aliphatic carbocycles. The van der Waals surface area contributed by atoms with Crippen LogP contribution in [0.4, 0.5) is 0 Å². The summed E-state index contributed by atoms with van der Waals surface area (Å²) in [6, 6.07) is 0. The summed E-state index contributed by atoms with van der Waals surface area (Å²) in [6.45, 7) is 5.85. The number of nitrogens with zero attached hydrogens (tertiary/aromatic N) is 1. The number of hydrogen-bond donors (Lipinski definition) is 0. The molecule has 1 fully saturated rings. The lowest BCUT2D eigenvalue weighted by Crippen LogP contribution is -2.32. The lowest BCUT2D eigenvalue weighted by Gasteiger charge is -2.18. The highest BCUT2D eigenvalue weighted by atomic mass is 32.2. The number of carbonyl (C=O) groups is 1. The Balaban J connectivity index is 2.41. The van der Waals surface area contributed by atoms with E-state index < -0.39 is 0 Å². The summed E-state index contributed by atoms with van der Waals surface area (Å²) in [5.74, 6) is 0.470. The zero-order chi connectivity index (χ0) is 9.14. The van der Waals surface area contributed by atoms with Crippen molar-refractivity contribution >= 4 is 17.7 Å². The molecule has 1 heterocycles. The predicted molar refractivity (Wildman–Crippen MR) is 53.3 cm³/mol. The number of amides is 1. The van der Waals surface area contributed by atoms with Crippen LogP contribution in [0.25, 0.3) is 0 Å². The van der Waals surface area contributed by atoms with Crippen molar-refractivity contribution in [3.05, 3.63) is 0 Å². The summed E-state index contributed by atoms with van der Waals surface area (Å²) in [7, 11) is 0. The molecule has 0 N–H and O–H groups in total. The Hall–Kier alpha value is -0.180. The molecule has 1 amide bonds. The minimum Gasteiger partial charge on any atom is -0.341 e. The van der Waals surface area contributed by atoms with Gasteiger partial charge in [-0.25, -0.2) is 0 Å². The number of rotatable bonds is 2. The molecule has 1 saturated heterocycles. The molecule has 0 aromatic carbocycles. The normalized spacial score (nSPS) is 23.7. The van der Waals surface area contributed by atoms with Crippen LogP contribution in [-0.4, -0.2) is 35.4 Å². The molecule has 0 aromatic heterocycles. The fourth-order valence-corrected chi connectivity index (χ4v) is 2.16. The van der Waals surface area contributed by atoms with Crippen LogP contribution in [0.3, 0.4) is 0 Å². The number of carbonyl (C=O) groups excluding carboxylic acids is 1. The van der Waals surface area contributed by atoms with Crippen LogP contribution in [0, 0.1) is 5.92 Å². The first kappa shape index (κ1) is 9.90. The Bertz CT molecular complexity index is 170. The third-order valence-corrected chi connectivity index (χ3v) is 3.34. The van der Waals surface area contributed by atoms with Gasteiger partial charge in [0.2, 0.25) is 5.91 Å². The van der Waals surface area contributed by atoms with Crippen LogP contribution in [0.15, 0.2) is 0 Å². The second kappa shape index (κ2) is 4.17. The van der Waals surface area contributed by atoms with Gasteiger partial charge in [-0.3, -0.25) is 4.79 Å². The van der Waals surface area contributed by atoms with Gasteiger partial charge in [-0.1, -0.05) is 13.8 Å². The number of likely N-dealkylation sites (tertiary alicyclic amines) is 1. The van der Waals surface area contributed by atoms with E-state index >= 15 is 0 Å². The van der Waals surface area contributed by atoms with Gasteiger partial charge in [0.25, 0.3) is 0 Å². The van der Waals surface area contributed by atoms with Crippen molar-refractivity contribution in [1.29, 1.82) is 0 Å². The SMILES string of the molecule is CSC1CCN(C(=O)C(C)C)C1. The third kappa shape index (κ3) is 2.16. The number of hydrogen-bond acceptors (Lipinski definition) is 2. The van der Waals surface area contributed by atoms with Crippen molar-refractivity contribution in [2.75, 3.05) is 19.3 Å². The van der Waals surface area contributed by atoms with Gasteiger partial charge in [0.15, 0.2) is 0 Å². The molecule has 0 saturated carbocycles. The lowest BCUT2D eigenvalue weighted by molar-refractivity contribution is -0.133. The quantitative estimate of drug-likeness (QED) is 0.654. The first-order chi connectivity index (χ1) is 5.65. The van der Waals surface area contributed by atoms with Crippen molar-refractivity contribution in [3.63, 3.8) is 0 Å². The van der Waals surface area contributed by atoms with E-state index in [4.69, 9.17) is 0 Å². The first-order valence-electron chi connectivity index (χ1n) is 4.46. The van der Waals surface area contributed by atoms with Crippen molar-refractivity contribution in [2.24, 2.45) is 5.92 Å². The van der Waals surface area contributed by atoms with Gasteiger partial charge in [0.1, 0.15) is 0 Å². The molecule has 1 aliphatic heterocycles. The lowest BCUT2D eigenvalue weighted by atomic mass is 10.2. The van der Waals surface area contributed by atoms with Crippen LogP contribution in [0.2, 0.25) is 0 Å². The van der Waals surface area contributed by atoms with Gasteiger partial charge in [-0.05, 0) is 12.7 Å². The maximum Gasteiger partial charge on any atom is 0.225 e. The van der Waals surface area contributed by atoms with Crippen LogP contribution >= 0.6 is 11.8 Å². The van der Waals surface area contributed by atoms with Crippen LogP contribution in [-0.2, 0) is 4.79 Å². The Morgan fingerprint density at radius 2 is 2.25 bits per heavy atom. The van der Waals surface area contributed by atoms with E-state index in [9.17, 15) is 4.79 Å². The first-order valence-corrected chi connectivity index (χ1v) is 5.75. The molecule has 1 aliphatic rings. The van der Waals surface area contributed by atoms with E-state index in [1.165, 1.54) is 6.42 Å². The average Bonchev–Trinajstić information content (AvgIpc) is 2.50. The molecule has 3 heteroatoms. The monoisotopic (exact) mass is 187 g/mol. The zero-order valence-corrected chi connectivity index (χ0v) is 8.86. The third-order valence-electron chi connectivity index (χ3n) is 2.28. The number of thioether (sulfide) groups is 1. The molecule has 1 rings (SSSR count). The molecule has 0 bridgehead atoms. The van der Waals surface area contributed by atoms with Gasteiger partial charge in [-0.15, -0.1) is 0 Å². The van der Waals surface area contributed by atoms with E-state index in [0.29, 0.717) is 11.2 Å². The van der Waals surface area contributed by atoms with Crippen molar-refractivity contribution < 1.29 is 4.79 Å². The second-order valence-corrected chi connectivity index (χ2v) is 4.72. The van der Waals surface area contributed by atoms with Gasteiger partial charge in [-0.2, -0.15) is 11.8 Å². The Labute approximate surface area is 78.7 Å². The topological polar surface area (TPSA) is 20.3 Å². The summed E-state index contributed by atoms with van der Waals surface area (Å²) >= 11 is 1.87. The predicted octanol–water partition coefficient (Wildman–Crippen LogP) is 1.61. The summed E-state index contributed by atoms with van der Waals surface area (Å²) in [4.78, 5) is 13.5. The van der Waals surface area contributed by atoms with Crippen molar-refractivity contribution in [1.82, 2.24) is 4.90 Å². The highest BCUT2D eigenvalue weighted by molar-refractivity contribution is 7.99. The molecule has 0 radical (unpaired) electrons. The highest BCUT2D eigenvalue weighted by Crippen LogP contribution is 2.21. The molecule has 0 spiro atoms. The summed E-state index contributed by atoms with van der Waals surface area (Å²) in [6.07, 6.45) is 3.29. The molecule has 12 heavy (non-hydrogen) atoms. The fraction of sp³-hybridized carbons (Fsp3) is 0.889. The molecular formula is C9H17NOS. The van der Waals surface area contributed by atoms with Gasteiger partial charge in [0, 0.05) is 24.3 Å². The molecule has 2 nitrogen and oxygen atoms in total. The van der Waals surface area contributed by atoms with Gasteiger partial charge < -0.3 is 4.90 Å². The van der Waals surface area contributed by atoms with Crippen LogP contribution < -0.4 is 0 Å². The molecule has 70 valence electrons. The van der Waals surface area contributed by atoms with Crippen molar-refractivity contribution in [2.45, 2.75) is 25.5 Å². The molecule has 1 atom stereocenters. The van der Waals surface area contributed by atoms with Gasteiger partial charge >= 0.3 is 0 Å². The van der Waals surface area contributed by atoms with E-state index in [2.05, 4.69) is 6.26 Å². The average molecular weight is 187 g/mol. The van der Waals surface area contributed by atoms with Gasteiger partial charge in [0.05, 0.1) is 0 Å². The molecule has 0 aromatic rings. The minimum atomic E-state index is 0.158. The maximum absolute atomic E-state index is 11.5.